The highest BCUT2D eigenvalue weighted by molar-refractivity contribution is 6.30. The van der Waals surface area contributed by atoms with Gasteiger partial charge in [0.2, 0.25) is 5.91 Å². The van der Waals surface area contributed by atoms with Crippen LogP contribution in [-0.4, -0.2) is 16.2 Å². The van der Waals surface area contributed by atoms with E-state index in [0.29, 0.717) is 5.56 Å². The molecule has 0 aliphatic rings. The zero-order valence-corrected chi connectivity index (χ0v) is 10.3. The third-order valence-electron chi connectivity index (χ3n) is 2.60. The predicted octanol–water partition coefficient (Wildman–Crippen LogP) is 1.85. The Morgan fingerprint density at radius 3 is 2.47 bits per heavy atom. The van der Waals surface area contributed by atoms with Crippen LogP contribution in [0.25, 0.3) is 0 Å². The zero-order valence-electron chi connectivity index (χ0n) is 9.57. The van der Waals surface area contributed by atoms with Crippen LogP contribution in [0, 0.1) is 24.0 Å². The Balaban J connectivity index is 3.17. The second-order valence-corrected chi connectivity index (χ2v) is 4.42. The number of nitro groups is 1. The highest BCUT2D eigenvalue weighted by Gasteiger charge is 2.20. The number of nitro benzene ring substituents is 1. The monoisotopic (exact) mass is 256 g/mol. The first-order chi connectivity index (χ1) is 7.82. The molecule has 0 radical (unpaired) electrons. The van der Waals surface area contributed by atoms with Gasteiger partial charge in [0.1, 0.15) is 5.38 Å². The number of rotatable bonds is 4. The van der Waals surface area contributed by atoms with Crippen molar-refractivity contribution in [1.82, 2.24) is 0 Å². The molecule has 0 saturated heterocycles. The van der Waals surface area contributed by atoms with Gasteiger partial charge in [-0.05, 0) is 31.0 Å². The van der Waals surface area contributed by atoms with Crippen molar-refractivity contribution in [2.75, 3.05) is 0 Å². The lowest BCUT2D eigenvalue weighted by Gasteiger charge is -2.09. The second-order valence-electron chi connectivity index (χ2n) is 3.90. The molecule has 0 aliphatic carbocycles. The van der Waals surface area contributed by atoms with E-state index in [4.69, 9.17) is 17.3 Å². The predicted molar refractivity (Wildman–Crippen MR) is 65.1 cm³/mol. The topological polar surface area (TPSA) is 86.2 Å². The molecule has 1 rings (SSSR count). The van der Waals surface area contributed by atoms with E-state index in [0.717, 1.165) is 11.1 Å². The molecule has 0 fully saturated rings. The fraction of sp³-hybridized carbons (Fsp3) is 0.364. The third-order valence-corrected chi connectivity index (χ3v) is 2.97. The molecule has 0 saturated carbocycles. The van der Waals surface area contributed by atoms with Gasteiger partial charge in [0.25, 0.3) is 5.69 Å². The number of halogens is 1. The molecule has 2 N–H and O–H groups in total. The van der Waals surface area contributed by atoms with Crippen LogP contribution in [0.15, 0.2) is 12.1 Å². The maximum Gasteiger partial charge on any atom is 0.272 e. The summed E-state index contributed by atoms with van der Waals surface area (Å²) in [6.07, 6.45) is 0.0638. The number of hydrogen-bond donors (Lipinski definition) is 1. The second kappa shape index (κ2) is 5.14. The van der Waals surface area contributed by atoms with Gasteiger partial charge in [-0.1, -0.05) is 0 Å². The molecule has 0 heterocycles. The molecule has 6 heteroatoms. The van der Waals surface area contributed by atoms with Crippen LogP contribution in [0.4, 0.5) is 5.69 Å². The Morgan fingerprint density at radius 2 is 2.00 bits per heavy atom. The van der Waals surface area contributed by atoms with Crippen molar-refractivity contribution < 1.29 is 9.72 Å². The van der Waals surface area contributed by atoms with Gasteiger partial charge < -0.3 is 5.73 Å². The number of carbonyl (C=O) groups excluding carboxylic acids is 1. The van der Waals surface area contributed by atoms with Gasteiger partial charge in [-0.3, -0.25) is 14.9 Å². The van der Waals surface area contributed by atoms with Crippen molar-refractivity contribution in [3.05, 3.63) is 38.9 Å². The molecule has 17 heavy (non-hydrogen) atoms. The van der Waals surface area contributed by atoms with Crippen LogP contribution in [0.5, 0.6) is 0 Å². The van der Waals surface area contributed by atoms with E-state index in [-0.39, 0.29) is 12.1 Å². The number of nitrogens with two attached hydrogens (primary N) is 1. The molecule has 5 nitrogen and oxygen atoms in total. The van der Waals surface area contributed by atoms with Crippen molar-refractivity contribution in [2.45, 2.75) is 25.6 Å². The highest BCUT2D eigenvalue weighted by atomic mass is 35.5. The molecular weight excluding hydrogens is 244 g/mol. The van der Waals surface area contributed by atoms with Crippen molar-refractivity contribution in [1.29, 1.82) is 0 Å². The van der Waals surface area contributed by atoms with E-state index < -0.39 is 16.2 Å². The summed E-state index contributed by atoms with van der Waals surface area (Å²) in [5.74, 6) is -0.681. The van der Waals surface area contributed by atoms with E-state index >= 15 is 0 Å². The largest absolute Gasteiger partial charge is 0.368 e. The number of nitrogens with zero attached hydrogens (tertiary/aromatic N) is 1. The van der Waals surface area contributed by atoms with Gasteiger partial charge in [-0.25, -0.2) is 0 Å². The van der Waals surface area contributed by atoms with E-state index in [9.17, 15) is 14.9 Å². The highest BCUT2D eigenvalue weighted by Crippen LogP contribution is 2.25. The number of hydrogen-bond acceptors (Lipinski definition) is 3. The first-order valence-electron chi connectivity index (χ1n) is 5.00. The van der Waals surface area contributed by atoms with Gasteiger partial charge in [0.15, 0.2) is 0 Å². The summed E-state index contributed by atoms with van der Waals surface area (Å²) in [6, 6.07) is 3.15. The fourth-order valence-corrected chi connectivity index (χ4v) is 1.65. The molecule has 0 bridgehead atoms. The Bertz CT molecular complexity index is 474. The van der Waals surface area contributed by atoms with Crippen LogP contribution in [-0.2, 0) is 11.2 Å². The summed E-state index contributed by atoms with van der Waals surface area (Å²) in [6.45, 7) is 3.63. The quantitative estimate of drug-likeness (QED) is 0.507. The molecule has 1 amide bonds. The maximum absolute atomic E-state index is 10.9. The van der Waals surface area contributed by atoms with E-state index in [1.165, 1.54) is 6.07 Å². The lowest BCUT2D eigenvalue weighted by Crippen LogP contribution is -2.25. The van der Waals surface area contributed by atoms with Crippen molar-refractivity contribution in [3.63, 3.8) is 0 Å². The van der Waals surface area contributed by atoms with Gasteiger partial charge >= 0.3 is 0 Å². The molecule has 1 atom stereocenters. The maximum atomic E-state index is 10.9. The molecule has 1 unspecified atom stereocenters. The summed E-state index contributed by atoms with van der Waals surface area (Å²) >= 11 is 5.72. The smallest absolute Gasteiger partial charge is 0.272 e. The summed E-state index contributed by atoms with van der Waals surface area (Å²) in [5, 5.41) is 9.95. The number of amides is 1. The van der Waals surface area contributed by atoms with Crippen LogP contribution in [0.2, 0.25) is 0 Å². The summed E-state index contributed by atoms with van der Waals surface area (Å²) in [7, 11) is 0. The average Bonchev–Trinajstić information content (AvgIpc) is 2.22. The number of carbonyl (C=O) groups is 1. The summed E-state index contributed by atoms with van der Waals surface area (Å²) in [4.78, 5) is 21.3. The van der Waals surface area contributed by atoms with Crippen molar-refractivity contribution in [3.8, 4) is 0 Å². The molecule has 1 aromatic rings. The van der Waals surface area contributed by atoms with Gasteiger partial charge in [0, 0.05) is 18.1 Å². The number of aryl methyl sites for hydroxylation is 2. The van der Waals surface area contributed by atoms with Gasteiger partial charge in [0.05, 0.1) is 4.92 Å². The average molecular weight is 257 g/mol. The molecule has 0 aliphatic heterocycles. The van der Waals surface area contributed by atoms with E-state index in [1.807, 2.05) is 6.92 Å². The van der Waals surface area contributed by atoms with Crippen molar-refractivity contribution in [2.24, 2.45) is 5.73 Å². The molecule has 92 valence electrons. The third kappa shape index (κ3) is 3.17. The minimum Gasteiger partial charge on any atom is -0.368 e. The Labute approximate surface area is 104 Å². The molecule has 1 aromatic carbocycles. The minimum atomic E-state index is -0.934. The Kier molecular flexibility index (Phi) is 4.07. The van der Waals surface area contributed by atoms with Crippen LogP contribution in [0.3, 0.4) is 0 Å². The Morgan fingerprint density at radius 1 is 1.47 bits per heavy atom. The molecule has 0 spiro atoms. The standard InChI is InChI=1S/C11H13ClN2O3/c1-6-3-8(5-9(12)11(13)15)10(14(16)17)4-7(6)2/h3-4,9H,5H2,1-2H3,(H2,13,15). The van der Waals surface area contributed by atoms with E-state index in [2.05, 4.69) is 0 Å². The normalized spacial score (nSPS) is 12.2. The van der Waals surface area contributed by atoms with E-state index in [1.54, 1.807) is 13.0 Å². The minimum absolute atomic E-state index is 0.0278. The summed E-state index contributed by atoms with van der Waals surface area (Å²) < 4.78 is 0. The summed E-state index contributed by atoms with van der Waals surface area (Å²) in [5.41, 5.74) is 7.18. The number of primary amides is 1. The lowest BCUT2D eigenvalue weighted by molar-refractivity contribution is -0.385. The van der Waals surface area contributed by atoms with Crippen LogP contribution in [0.1, 0.15) is 16.7 Å². The SMILES string of the molecule is Cc1cc(CC(Cl)C(N)=O)c([N+](=O)[O-])cc1C. The van der Waals surface area contributed by atoms with Gasteiger partial charge in [-0.2, -0.15) is 0 Å². The first kappa shape index (κ1) is 13.4. The van der Waals surface area contributed by atoms with Crippen molar-refractivity contribution >= 4 is 23.2 Å². The first-order valence-corrected chi connectivity index (χ1v) is 5.44. The van der Waals surface area contributed by atoms with Crippen LogP contribution < -0.4 is 5.73 Å². The van der Waals surface area contributed by atoms with Crippen LogP contribution >= 0.6 is 11.6 Å². The Hall–Kier alpha value is -1.62. The fourth-order valence-electron chi connectivity index (χ4n) is 1.49. The number of benzene rings is 1. The van der Waals surface area contributed by atoms with Gasteiger partial charge in [-0.15, -0.1) is 11.6 Å². The number of alkyl halides is 1. The zero-order chi connectivity index (χ0) is 13.2. The lowest BCUT2D eigenvalue weighted by atomic mass is 10.0. The molecule has 0 aromatic heterocycles. The molecular formula is C11H13ClN2O3.